The molecule has 6 nitrogen and oxygen atoms in total. The summed E-state index contributed by atoms with van der Waals surface area (Å²) in [5, 5.41) is 3.87. The minimum absolute atomic E-state index is 0.0668. The summed E-state index contributed by atoms with van der Waals surface area (Å²) >= 11 is 0. The molecule has 0 aliphatic heterocycles. The molecule has 1 aliphatic rings. The van der Waals surface area contributed by atoms with Crippen molar-refractivity contribution in [2.45, 2.75) is 51.7 Å². The summed E-state index contributed by atoms with van der Waals surface area (Å²) in [7, 11) is 0. The van der Waals surface area contributed by atoms with E-state index >= 15 is 0 Å². The molecular formula is C12H20N4O2. The molecule has 0 amide bonds. The van der Waals surface area contributed by atoms with Crippen molar-refractivity contribution in [2.24, 2.45) is 5.92 Å². The van der Waals surface area contributed by atoms with Crippen LogP contribution in [0.25, 0.3) is 0 Å². The number of carbonyl (C=O) groups is 1. The smallest absolute Gasteiger partial charge is 0.328 e. The second kappa shape index (κ2) is 5.84. The lowest BCUT2D eigenvalue weighted by atomic mass is 9.85. The van der Waals surface area contributed by atoms with E-state index in [9.17, 15) is 4.79 Å². The molecule has 0 aromatic carbocycles. The van der Waals surface area contributed by atoms with Crippen molar-refractivity contribution in [3.63, 3.8) is 0 Å². The number of rotatable bonds is 4. The van der Waals surface area contributed by atoms with E-state index in [0.29, 0.717) is 5.92 Å². The molecular weight excluding hydrogens is 232 g/mol. The van der Waals surface area contributed by atoms with Gasteiger partial charge in [-0.05, 0) is 31.6 Å². The minimum atomic E-state index is -0.259. The van der Waals surface area contributed by atoms with Crippen molar-refractivity contribution in [1.82, 2.24) is 14.8 Å². The first-order chi connectivity index (χ1) is 8.69. The molecule has 1 saturated carbocycles. The van der Waals surface area contributed by atoms with Crippen molar-refractivity contribution in [2.75, 3.05) is 5.73 Å². The Balaban J connectivity index is 1.86. The van der Waals surface area contributed by atoms with Gasteiger partial charge in [0.1, 0.15) is 19.0 Å². The number of nitrogen functional groups attached to an aromatic ring is 1. The monoisotopic (exact) mass is 252 g/mol. The predicted octanol–water partition coefficient (Wildman–Crippen LogP) is 1.37. The number of hydrogen-bond donors (Lipinski definition) is 1. The van der Waals surface area contributed by atoms with Gasteiger partial charge in [-0.25, -0.2) is 9.67 Å². The van der Waals surface area contributed by atoms with Gasteiger partial charge in [0.05, 0.1) is 0 Å². The quantitative estimate of drug-likeness (QED) is 0.818. The van der Waals surface area contributed by atoms with Gasteiger partial charge < -0.3 is 10.5 Å². The number of anilines is 1. The summed E-state index contributed by atoms with van der Waals surface area (Å²) < 4.78 is 6.94. The third-order valence-electron chi connectivity index (χ3n) is 3.49. The van der Waals surface area contributed by atoms with Crippen LogP contribution in [0.3, 0.4) is 0 Å². The Morgan fingerprint density at radius 2 is 2.33 bits per heavy atom. The molecule has 1 aliphatic carbocycles. The molecule has 2 N–H and O–H groups in total. The highest BCUT2D eigenvalue weighted by molar-refractivity contribution is 5.69. The maximum absolute atomic E-state index is 11.8. The van der Waals surface area contributed by atoms with E-state index in [0.717, 1.165) is 25.7 Å². The third kappa shape index (κ3) is 3.21. The van der Waals surface area contributed by atoms with Gasteiger partial charge in [0.25, 0.3) is 0 Å². The maximum atomic E-state index is 11.8. The van der Waals surface area contributed by atoms with E-state index in [2.05, 4.69) is 17.0 Å². The number of hydrogen-bond acceptors (Lipinski definition) is 5. The van der Waals surface area contributed by atoms with E-state index < -0.39 is 0 Å². The minimum Gasteiger partial charge on any atom is -0.461 e. The molecule has 1 aromatic heterocycles. The predicted molar refractivity (Wildman–Crippen MR) is 66.6 cm³/mol. The van der Waals surface area contributed by atoms with E-state index in [-0.39, 0.29) is 24.6 Å². The second-order valence-corrected chi connectivity index (χ2v) is 4.78. The van der Waals surface area contributed by atoms with Gasteiger partial charge >= 0.3 is 5.97 Å². The molecule has 1 aromatic rings. The SMILES string of the molecule is CCC1CCCCC1OC(=O)Cn1cnc(N)n1. The first kappa shape index (κ1) is 12.9. The molecule has 1 fully saturated rings. The largest absolute Gasteiger partial charge is 0.461 e. The Hall–Kier alpha value is -1.59. The number of aromatic nitrogens is 3. The molecule has 2 atom stereocenters. The summed E-state index contributed by atoms with van der Waals surface area (Å²) in [5.74, 6) is 0.417. The molecule has 2 rings (SSSR count). The molecule has 1 heterocycles. The Morgan fingerprint density at radius 3 is 3.00 bits per heavy atom. The van der Waals surface area contributed by atoms with E-state index in [1.807, 2.05) is 0 Å². The molecule has 6 heteroatoms. The molecule has 0 spiro atoms. The van der Waals surface area contributed by atoms with Crippen molar-refractivity contribution < 1.29 is 9.53 Å². The van der Waals surface area contributed by atoms with Crippen LogP contribution < -0.4 is 5.73 Å². The lowest BCUT2D eigenvalue weighted by molar-refractivity contribution is -0.154. The highest BCUT2D eigenvalue weighted by Crippen LogP contribution is 2.29. The maximum Gasteiger partial charge on any atom is 0.328 e. The van der Waals surface area contributed by atoms with Gasteiger partial charge in [-0.15, -0.1) is 5.10 Å². The highest BCUT2D eigenvalue weighted by Gasteiger charge is 2.26. The first-order valence-electron chi connectivity index (χ1n) is 6.53. The van der Waals surface area contributed by atoms with Gasteiger partial charge in [-0.1, -0.05) is 13.3 Å². The molecule has 18 heavy (non-hydrogen) atoms. The number of nitrogens with zero attached hydrogens (tertiary/aromatic N) is 3. The van der Waals surface area contributed by atoms with Crippen LogP contribution in [-0.2, 0) is 16.1 Å². The number of nitrogens with two attached hydrogens (primary N) is 1. The second-order valence-electron chi connectivity index (χ2n) is 4.78. The van der Waals surface area contributed by atoms with Gasteiger partial charge in [0.15, 0.2) is 0 Å². The fourth-order valence-corrected chi connectivity index (χ4v) is 2.52. The zero-order chi connectivity index (χ0) is 13.0. The molecule has 0 bridgehead atoms. The van der Waals surface area contributed by atoms with Crippen LogP contribution in [0, 0.1) is 5.92 Å². The average Bonchev–Trinajstić information content (AvgIpc) is 2.75. The van der Waals surface area contributed by atoms with Crippen LogP contribution in [0.4, 0.5) is 5.95 Å². The van der Waals surface area contributed by atoms with Crippen LogP contribution in [0.5, 0.6) is 0 Å². The Morgan fingerprint density at radius 1 is 1.56 bits per heavy atom. The fourth-order valence-electron chi connectivity index (χ4n) is 2.52. The summed E-state index contributed by atoms with van der Waals surface area (Å²) in [6.07, 6.45) is 7.09. The summed E-state index contributed by atoms with van der Waals surface area (Å²) in [5.41, 5.74) is 5.39. The van der Waals surface area contributed by atoms with Crippen molar-refractivity contribution in [1.29, 1.82) is 0 Å². The third-order valence-corrected chi connectivity index (χ3v) is 3.49. The van der Waals surface area contributed by atoms with Gasteiger partial charge in [0.2, 0.25) is 5.95 Å². The van der Waals surface area contributed by atoms with E-state index in [1.165, 1.54) is 17.4 Å². The van der Waals surface area contributed by atoms with Crippen LogP contribution in [0.15, 0.2) is 6.33 Å². The zero-order valence-corrected chi connectivity index (χ0v) is 10.7. The van der Waals surface area contributed by atoms with Crippen LogP contribution in [0.1, 0.15) is 39.0 Å². The lowest BCUT2D eigenvalue weighted by Crippen LogP contribution is -2.31. The van der Waals surface area contributed by atoms with Gasteiger partial charge in [0, 0.05) is 0 Å². The number of carbonyl (C=O) groups excluding carboxylic acids is 1. The fraction of sp³-hybridized carbons (Fsp3) is 0.750. The summed E-state index contributed by atoms with van der Waals surface area (Å²) in [4.78, 5) is 15.6. The highest BCUT2D eigenvalue weighted by atomic mass is 16.5. The zero-order valence-electron chi connectivity index (χ0n) is 10.7. The average molecular weight is 252 g/mol. The number of esters is 1. The van der Waals surface area contributed by atoms with Crippen molar-refractivity contribution in [3.8, 4) is 0 Å². The normalized spacial score (nSPS) is 23.8. The van der Waals surface area contributed by atoms with E-state index in [1.54, 1.807) is 0 Å². The van der Waals surface area contributed by atoms with E-state index in [4.69, 9.17) is 10.5 Å². The van der Waals surface area contributed by atoms with Crippen LogP contribution >= 0.6 is 0 Å². The lowest BCUT2D eigenvalue weighted by Gasteiger charge is -2.30. The molecule has 2 unspecified atom stereocenters. The van der Waals surface area contributed by atoms with Crippen molar-refractivity contribution >= 4 is 11.9 Å². The van der Waals surface area contributed by atoms with Crippen molar-refractivity contribution in [3.05, 3.63) is 6.33 Å². The molecule has 0 saturated heterocycles. The molecule has 0 radical (unpaired) electrons. The van der Waals surface area contributed by atoms with Crippen LogP contribution in [-0.4, -0.2) is 26.8 Å². The number of ether oxygens (including phenoxy) is 1. The topological polar surface area (TPSA) is 83.0 Å². The van der Waals surface area contributed by atoms with Crippen LogP contribution in [0.2, 0.25) is 0 Å². The van der Waals surface area contributed by atoms with Gasteiger partial charge in [-0.3, -0.25) is 4.79 Å². The Kier molecular flexibility index (Phi) is 4.17. The Bertz CT molecular complexity index is 405. The Labute approximate surface area is 107 Å². The summed E-state index contributed by atoms with van der Waals surface area (Å²) in [6, 6.07) is 0. The molecule has 100 valence electrons. The first-order valence-corrected chi connectivity index (χ1v) is 6.53. The summed E-state index contributed by atoms with van der Waals surface area (Å²) in [6.45, 7) is 2.23. The van der Waals surface area contributed by atoms with Gasteiger partial charge in [-0.2, -0.15) is 0 Å². The standard InChI is InChI=1S/C12H20N4O2/c1-2-9-5-3-4-6-10(9)18-11(17)7-16-8-14-12(13)15-16/h8-10H,2-7H2,1H3,(H2,13,15).